The largest absolute Gasteiger partial charge is 0.351 e. The van der Waals surface area contributed by atoms with Gasteiger partial charge in [-0.05, 0) is 23.3 Å². The number of anilines is 1. The lowest BCUT2D eigenvalue weighted by molar-refractivity contribution is -0.120. The van der Waals surface area contributed by atoms with E-state index in [0.29, 0.717) is 5.69 Å². The van der Waals surface area contributed by atoms with E-state index in [-0.39, 0.29) is 31.2 Å². The molecule has 0 aliphatic heterocycles. The van der Waals surface area contributed by atoms with Gasteiger partial charge in [-0.3, -0.25) is 9.59 Å². The number of nitriles is 1. The van der Waals surface area contributed by atoms with E-state index in [9.17, 15) is 9.59 Å². The second-order valence-electron chi connectivity index (χ2n) is 5.09. The fourth-order valence-electron chi connectivity index (χ4n) is 2.13. The standard InChI is InChI=1S/C18H16BrN3O2/c19-15-7-3-1-5-13(15)11-18(24)22-16-8-4-2-6-14(16)12-21-17(23)9-10-20/h1-8H,9,11-12H2,(H,21,23)(H,22,24). The van der Waals surface area contributed by atoms with Gasteiger partial charge in [-0.1, -0.05) is 52.3 Å². The van der Waals surface area contributed by atoms with Crippen LogP contribution in [0.5, 0.6) is 0 Å². The molecule has 24 heavy (non-hydrogen) atoms. The molecule has 0 aliphatic rings. The van der Waals surface area contributed by atoms with E-state index in [1.165, 1.54) is 0 Å². The summed E-state index contributed by atoms with van der Waals surface area (Å²) in [6.07, 6.45) is 0.0626. The Bertz CT molecular complexity index is 784. The van der Waals surface area contributed by atoms with Crippen molar-refractivity contribution in [3.63, 3.8) is 0 Å². The fraction of sp³-hybridized carbons (Fsp3) is 0.167. The first-order chi connectivity index (χ1) is 11.6. The normalized spacial score (nSPS) is 9.83. The number of nitrogens with one attached hydrogen (secondary N) is 2. The lowest BCUT2D eigenvalue weighted by atomic mass is 10.1. The van der Waals surface area contributed by atoms with Crippen molar-refractivity contribution < 1.29 is 9.59 Å². The number of rotatable bonds is 6. The number of hydrogen-bond acceptors (Lipinski definition) is 3. The Kier molecular flexibility index (Phi) is 6.52. The van der Waals surface area contributed by atoms with Crippen molar-refractivity contribution in [3.8, 4) is 6.07 Å². The SMILES string of the molecule is N#CCC(=O)NCc1ccccc1NC(=O)Cc1ccccc1Br. The zero-order valence-corrected chi connectivity index (χ0v) is 14.5. The molecule has 2 aromatic rings. The average Bonchev–Trinajstić information content (AvgIpc) is 2.56. The molecule has 5 nitrogen and oxygen atoms in total. The summed E-state index contributed by atoms with van der Waals surface area (Å²) in [5.74, 6) is -0.482. The van der Waals surface area contributed by atoms with Crippen molar-refractivity contribution in [2.45, 2.75) is 19.4 Å². The quantitative estimate of drug-likeness (QED) is 0.800. The number of carbonyl (C=O) groups is 2. The molecule has 0 fully saturated rings. The maximum absolute atomic E-state index is 12.3. The highest BCUT2D eigenvalue weighted by atomic mass is 79.9. The number of benzene rings is 2. The van der Waals surface area contributed by atoms with Crippen LogP contribution in [0.1, 0.15) is 17.5 Å². The minimum absolute atomic E-state index is 0.141. The smallest absolute Gasteiger partial charge is 0.234 e. The number of amides is 2. The molecule has 0 radical (unpaired) electrons. The van der Waals surface area contributed by atoms with Gasteiger partial charge in [-0.2, -0.15) is 5.26 Å². The molecule has 0 aromatic heterocycles. The monoisotopic (exact) mass is 385 g/mol. The molecule has 0 saturated heterocycles. The minimum Gasteiger partial charge on any atom is -0.351 e. The van der Waals surface area contributed by atoms with Crippen LogP contribution in [-0.2, 0) is 22.6 Å². The van der Waals surface area contributed by atoms with Gasteiger partial charge >= 0.3 is 0 Å². The Balaban J connectivity index is 2.02. The molecule has 0 spiro atoms. The molecule has 0 atom stereocenters. The van der Waals surface area contributed by atoms with Crippen LogP contribution in [0.3, 0.4) is 0 Å². The zero-order valence-electron chi connectivity index (χ0n) is 12.9. The van der Waals surface area contributed by atoms with E-state index in [1.807, 2.05) is 42.5 Å². The molecule has 2 aromatic carbocycles. The van der Waals surface area contributed by atoms with Gasteiger partial charge in [-0.15, -0.1) is 0 Å². The number of halogens is 1. The first-order valence-electron chi connectivity index (χ1n) is 7.35. The van der Waals surface area contributed by atoms with E-state index in [1.54, 1.807) is 12.1 Å². The predicted molar refractivity (Wildman–Crippen MR) is 95.0 cm³/mol. The van der Waals surface area contributed by atoms with Crippen LogP contribution in [0.15, 0.2) is 53.0 Å². The van der Waals surface area contributed by atoms with Crippen molar-refractivity contribution >= 4 is 33.4 Å². The lowest BCUT2D eigenvalue weighted by Gasteiger charge is -2.12. The Morgan fingerprint density at radius 3 is 2.38 bits per heavy atom. The van der Waals surface area contributed by atoms with Crippen LogP contribution in [0.2, 0.25) is 0 Å². The average molecular weight is 386 g/mol. The van der Waals surface area contributed by atoms with Gasteiger partial charge in [0.05, 0.1) is 12.5 Å². The van der Waals surface area contributed by atoms with Crippen LogP contribution >= 0.6 is 15.9 Å². The van der Waals surface area contributed by atoms with Crippen LogP contribution in [0.4, 0.5) is 5.69 Å². The third-order valence-corrected chi connectivity index (χ3v) is 4.09. The second kappa shape index (κ2) is 8.85. The highest BCUT2D eigenvalue weighted by molar-refractivity contribution is 9.10. The van der Waals surface area contributed by atoms with Crippen molar-refractivity contribution in [2.24, 2.45) is 0 Å². The van der Waals surface area contributed by atoms with Crippen LogP contribution < -0.4 is 10.6 Å². The maximum atomic E-state index is 12.3. The van der Waals surface area contributed by atoms with Crippen LogP contribution in [-0.4, -0.2) is 11.8 Å². The molecule has 122 valence electrons. The molecule has 6 heteroatoms. The fourth-order valence-corrected chi connectivity index (χ4v) is 2.56. The molecule has 0 bridgehead atoms. The zero-order chi connectivity index (χ0) is 17.4. The van der Waals surface area contributed by atoms with Gasteiger partial charge in [0, 0.05) is 16.7 Å². The summed E-state index contributed by atoms with van der Waals surface area (Å²) in [6.45, 7) is 0.256. The lowest BCUT2D eigenvalue weighted by Crippen LogP contribution is -2.23. The highest BCUT2D eigenvalue weighted by Gasteiger charge is 2.10. The first kappa shape index (κ1) is 17.7. The van der Waals surface area contributed by atoms with Gasteiger partial charge in [0.15, 0.2) is 0 Å². The Morgan fingerprint density at radius 2 is 1.67 bits per heavy atom. The molecule has 2 rings (SSSR count). The predicted octanol–water partition coefficient (Wildman–Crippen LogP) is 3.16. The van der Waals surface area contributed by atoms with Crippen LogP contribution in [0, 0.1) is 11.3 Å². The molecule has 2 amide bonds. The van der Waals surface area contributed by atoms with E-state index in [0.717, 1.165) is 15.6 Å². The summed E-state index contributed by atoms with van der Waals surface area (Å²) < 4.78 is 0.886. The number of hydrogen-bond donors (Lipinski definition) is 2. The van der Waals surface area contributed by atoms with Crippen molar-refractivity contribution in [3.05, 3.63) is 64.1 Å². The molecular formula is C18H16BrN3O2. The Hall–Kier alpha value is -2.65. The van der Waals surface area contributed by atoms with E-state index in [4.69, 9.17) is 5.26 Å². The molecule has 2 N–H and O–H groups in total. The molecule has 0 aliphatic carbocycles. The van der Waals surface area contributed by atoms with E-state index in [2.05, 4.69) is 26.6 Å². The van der Waals surface area contributed by atoms with Gasteiger partial charge in [0.1, 0.15) is 6.42 Å². The van der Waals surface area contributed by atoms with Crippen molar-refractivity contribution in [1.29, 1.82) is 5.26 Å². The van der Waals surface area contributed by atoms with Crippen molar-refractivity contribution in [2.75, 3.05) is 5.32 Å². The van der Waals surface area contributed by atoms with Gasteiger partial charge in [0.25, 0.3) is 0 Å². The third kappa shape index (κ3) is 5.21. The van der Waals surface area contributed by atoms with E-state index >= 15 is 0 Å². The molecule has 0 heterocycles. The summed E-state index contributed by atoms with van der Waals surface area (Å²) in [5.41, 5.74) is 2.32. The first-order valence-corrected chi connectivity index (χ1v) is 8.14. The van der Waals surface area contributed by atoms with Gasteiger partial charge in [-0.25, -0.2) is 0 Å². The number of carbonyl (C=O) groups excluding carboxylic acids is 2. The summed E-state index contributed by atoms with van der Waals surface area (Å²) in [7, 11) is 0. The summed E-state index contributed by atoms with van der Waals surface area (Å²) in [6, 6.07) is 16.6. The minimum atomic E-state index is -0.341. The summed E-state index contributed by atoms with van der Waals surface area (Å²) in [5, 5.41) is 14.0. The third-order valence-electron chi connectivity index (χ3n) is 3.32. The second-order valence-corrected chi connectivity index (χ2v) is 5.94. The Labute approximate surface area is 148 Å². The summed E-state index contributed by atoms with van der Waals surface area (Å²) >= 11 is 3.43. The molecule has 0 unspecified atom stereocenters. The highest BCUT2D eigenvalue weighted by Crippen LogP contribution is 2.19. The van der Waals surface area contributed by atoms with Crippen molar-refractivity contribution in [1.82, 2.24) is 5.32 Å². The summed E-state index contributed by atoms with van der Waals surface area (Å²) in [4.78, 5) is 23.7. The maximum Gasteiger partial charge on any atom is 0.234 e. The Morgan fingerprint density at radius 1 is 1.00 bits per heavy atom. The van der Waals surface area contributed by atoms with Crippen LogP contribution in [0.25, 0.3) is 0 Å². The van der Waals surface area contributed by atoms with Gasteiger partial charge < -0.3 is 10.6 Å². The topological polar surface area (TPSA) is 82.0 Å². The number of para-hydroxylation sites is 1. The molecular weight excluding hydrogens is 370 g/mol. The molecule has 0 saturated carbocycles. The van der Waals surface area contributed by atoms with E-state index < -0.39 is 0 Å². The van der Waals surface area contributed by atoms with Gasteiger partial charge in [0.2, 0.25) is 11.8 Å². The number of nitrogens with zero attached hydrogens (tertiary/aromatic N) is 1.